The number of pyridine rings is 1. The van der Waals surface area contributed by atoms with E-state index in [0.717, 1.165) is 24.2 Å². The van der Waals surface area contributed by atoms with Crippen molar-refractivity contribution in [2.75, 3.05) is 26.2 Å². The predicted octanol–water partition coefficient (Wildman–Crippen LogP) is -0.583. The normalized spacial score (nSPS) is 19.8. The first-order valence-corrected chi connectivity index (χ1v) is 6.71. The maximum absolute atomic E-state index is 12.2. The zero-order valence-electron chi connectivity index (χ0n) is 11.1. The molecular weight excluding hydrogens is 258 g/mol. The Morgan fingerprint density at radius 2 is 2.30 bits per heavy atom. The van der Waals surface area contributed by atoms with Gasteiger partial charge in [0.15, 0.2) is 5.65 Å². The molecule has 1 saturated heterocycles. The largest absolute Gasteiger partial charge is 0.357 e. The molecule has 0 spiro atoms. The summed E-state index contributed by atoms with van der Waals surface area (Å²) in [5.74, 6) is 0.150. The summed E-state index contributed by atoms with van der Waals surface area (Å²) in [6.45, 7) is 2.50. The molecule has 0 aromatic carbocycles. The molecular formula is C13H17N5O2. The van der Waals surface area contributed by atoms with Crippen LogP contribution in [0.15, 0.2) is 29.2 Å². The molecule has 106 valence electrons. The van der Waals surface area contributed by atoms with E-state index in [1.165, 1.54) is 4.40 Å². The van der Waals surface area contributed by atoms with E-state index >= 15 is 0 Å². The summed E-state index contributed by atoms with van der Waals surface area (Å²) in [5.41, 5.74) is 5.69. The second kappa shape index (κ2) is 5.18. The number of carbonyl (C=O) groups excluding carboxylic acids is 1. The number of carbonyl (C=O) groups is 1. The molecule has 1 aliphatic rings. The van der Waals surface area contributed by atoms with Gasteiger partial charge in [0.05, 0.1) is 6.54 Å². The van der Waals surface area contributed by atoms with Crippen molar-refractivity contribution in [1.82, 2.24) is 19.1 Å². The fourth-order valence-corrected chi connectivity index (χ4v) is 2.59. The second-order valence-electron chi connectivity index (χ2n) is 5.14. The van der Waals surface area contributed by atoms with Crippen LogP contribution in [0, 0.1) is 5.92 Å². The van der Waals surface area contributed by atoms with Crippen LogP contribution >= 0.6 is 0 Å². The minimum absolute atomic E-state index is 0.209. The minimum Gasteiger partial charge on any atom is -0.330 e. The Balaban J connectivity index is 1.79. The Morgan fingerprint density at radius 1 is 1.45 bits per heavy atom. The molecule has 1 aliphatic heterocycles. The molecule has 3 rings (SSSR count). The lowest BCUT2D eigenvalue weighted by Crippen LogP contribution is -2.36. The van der Waals surface area contributed by atoms with Gasteiger partial charge in [-0.05, 0) is 37.6 Å². The van der Waals surface area contributed by atoms with Gasteiger partial charge in [-0.3, -0.25) is 9.69 Å². The van der Waals surface area contributed by atoms with Crippen molar-refractivity contribution in [1.29, 1.82) is 0 Å². The Hall–Kier alpha value is -1.99. The number of likely N-dealkylation sites (tertiary alicyclic amines) is 1. The molecule has 0 amide bonds. The third kappa shape index (κ3) is 2.25. The van der Waals surface area contributed by atoms with Gasteiger partial charge < -0.3 is 5.73 Å². The van der Waals surface area contributed by atoms with E-state index in [1.807, 2.05) is 4.90 Å². The Kier molecular flexibility index (Phi) is 3.37. The SMILES string of the molecule is NCC1CCN(CC(=O)n2nc3ccccn3c2=O)C1. The fraction of sp³-hybridized carbons (Fsp3) is 0.462. The lowest BCUT2D eigenvalue weighted by atomic mass is 10.1. The number of nitrogens with zero attached hydrogens (tertiary/aromatic N) is 4. The van der Waals surface area contributed by atoms with E-state index < -0.39 is 5.69 Å². The van der Waals surface area contributed by atoms with Gasteiger partial charge in [-0.2, -0.15) is 0 Å². The summed E-state index contributed by atoms with van der Waals surface area (Å²) in [6, 6.07) is 5.21. The molecule has 0 bridgehead atoms. The quantitative estimate of drug-likeness (QED) is 0.809. The van der Waals surface area contributed by atoms with Crippen LogP contribution in [0.4, 0.5) is 0 Å². The molecule has 2 N–H and O–H groups in total. The monoisotopic (exact) mass is 275 g/mol. The lowest BCUT2D eigenvalue weighted by Gasteiger charge is -2.13. The summed E-state index contributed by atoms with van der Waals surface area (Å²) >= 11 is 0. The maximum atomic E-state index is 12.2. The van der Waals surface area contributed by atoms with E-state index in [1.54, 1.807) is 24.4 Å². The van der Waals surface area contributed by atoms with E-state index in [0.29, 0.717) is 18.1 Å². The minimum atomic E-state index is -0.417. The van der Waals surface area contributed by atoms with Crippen LogP contribution in [0.2, 0.25) is 0 Å². The van der Waals surface area contributed by atoms with Crippen molar-refractivity contribution >= 4 is 11.6 Å². The molecule has 1 unspecified atom stereocenters. The number of fused-ring (bicyclic) bond motifs is 1. The second-order valence-corrected chi connectivity index (χ2v) is 5.14. The maximum Gasteiger partial charge on any atom is 0.357 e. The summed E-state index contributed by atoms with van der Waals surface area (Å²) in [4.78, 5) is 26.3. The van der Waals surface area contributed by atoms with Crippen molar-refractivity contribution in [2.45, 2.75) is 6.42 Å². The summed E-state index contributed by atoms with van der Waals surface area (Å²) in [7, 11) is 0. The molecule has 0 aliphatic carbocycles. The number of aromatic nitrogens is 3. The molecule has 2 aromatic rings. The summed E-state index contributed by atoms with van der Waals surface area (Å²) < 4.78 is 2.32. The molecule has 20 heavy (non-hydrogen) atoms. The average molecular weight is 275 g/mol. The molecule has 1 fully saturated rings. The number of hydrogen-bond acceptors (Lipinski definition) is 5. The van der Waals surface area contributed by atoms with Crippen LogP contribution < -0.4 is 11.4 Å². The highest BCUT2D eigenvalue weighted by Crippen LogP contribution is 2.14. The molecule has 2 aromatic heterocycles. The van der Waals surface area contributed by atoms with Crippen molar-refractivity contribution in [3.63, 3.8) is 0 Å². The Bertz CT molecular complexity index is 689. The highest BCUT2D eigenvalue weighted by atomic mass is 16.2. The molecule has 0 saturated carbocycles. The molecule has 3 heterocycles. The first kappa shape index (κ1) is 13.0. The van der Waals surface area contributed by atoms with Crippen molar-refractivity contribution < 1.29 is 4.79 Å². The molecule has 7 heteroatoms. The van der Waals surface area contributed by atoms with E-state index in [-0.39, 0.29) is 12.5 Å². The van der Waals surface area contributed by atoms with Crippen LogP contribution in [0.1, 0.15) is 11.2 Å². The Morgan fingerprint density at radius 3 is 3.00 bits per heavy atom. The topological polar surface area (TPSA) is 85.6 Å². The van der Waals surface area contributed by atoms with Crippen LogP contribution in [-0.4, -0.2) is 51.2 Å². The van der Waals surface area contributed by atoms with Crippen LogP contribution in [0.3, 0.4) is 0 Å². The average Bonchev–Trinajstić information content (AvgIpc) is 3.04. The highest BCUT2D eigenvalue weighted by molar-refractivity contribution is 5.80. The standard InChI is InChI=1S/C13H17N5O2/c14-7-10-4-6-16(8-10)9-12(19)18-13(20)17-5-2-1-3-11(17)15-18/h1-3,5,10H,4,6-9,14H2. The number of rotatable bonds is 3. The van der Waals surface area contributed by atoms with Gasteiger partial charge in [0, 0.05) is 12.7 Å². The summed E-state index contributed by atoms with van der Waals surface area (Å²) in [6.07, 6.45) is 2.61. The van der Waals surface area contributed by atoms with Crippen LogP contribution in [0.5, 0.6) is 0 Å². The highest BCUT2D eigenvalue weighted by Gasteiger charge is 2.24. The molecule has 7 nitrogen and oxygen atoms in total. The van der Waals surface area contributed by atoms with Crippen LogP contribution in [0.25, 0.3) is 5.65 Å². The Labute approximate surface area is 115 Å². The predicted molar refractivity (Wildman–Crippen MR) is 73.7 cm³/mol. The van der Waals surface area contributed by atoms with Gasteiger partial charge in [-0.25, -0.2) is 9.20 Å². The number of nitrogens with two attached hydrogens (primary N) is 1. The van der Waals surface area contributed by atoms with Crippen molar-refractivity contribution in [3.05, 3.63) is 34.9 Å². The zero-order valence-corrected chi connectivity index (χ0v) is 11.1. The van der Waals surface area contributed by atoms with Gasteiger partial charge in [-0.15, -0.1) is 9.78 Å². The molecule has 1 atom stereocenters. The van der Waals surface area contributed by atoms with Gasteiger partial charge in [0.25, 0.3) is 5.91 Å². The third-order valence-electron chi connectivity index (χ3n) is 3.73. The van der Waals surface area contributed by atoms with Gasteiger partial charge >= 0.3 is 5.69 Å². The van der Waals surface area contributed by atoms with Crippen molar-refractivity contribution in [2.24, 2.45) is 11.7 Å². The van der Waals surface area contributed by atoms with E-state index in [9.17, 15) is 9.59 Å². The fourth-order valence-electron chi connectivity index (χ4n) is 2.59. The third-order valence-corrected chi connectivity index (χ3v) is 3.73. The molecule has 0 radical (unpaired) electrons. The van der Waals surface area contributed by atoms with Gasteiger partial charge in [-0.1, -0.05) is 6.07 Å². The smallest absolute Gasteiger partial charge is 0.330 e. The van der Waals surface area contributed by atoms with E-state index in [2.05, 4.69) is 5.10 Å². The van der Waals surface area contributed by atoms with Gasteiger partial charge in [0.2, 0.25) is 0 Å². The number of hydrogen-bond donors (Lipinski definition) is 1. The van der Waals surface area contributed by atoms with Crippen LogP contribution in [-0.2, 0) is 0 Å². The summed E-state index contributed by atoms with van der Waals surface area (Å²) in [5, 5.41) is 4.06. The first-order valence-electron chi connectivity index (χ1n) is 6.71. The zero-order chi connectivity index (χ0) is 14.1. The van der Waals surface area contributed by atoms with Gasteiger partial charge in [0.1, 0.15) is 0 Å². The lowest BCUT2D eigenvalue weighted by molar-refractivity contribution is 0.0840. The van der Waals surface area contributed by atoms with Crippen molar-refractivity contribution in [3.8, 4) is 0 Å². The van der Waals surface area contributed by atoms with E-state index in [4.69, 9.17) is 5.73 Å². The first-order chi connectivity index (χ1) is 9.69.